The Bertz CT molecular complexity index is 389. The quantitative estimate of drug-likeness (QED) is 0.834. The van der Waals surface area contributed by atoms with Gasteiger partial charge in [-0.15, -0.1) is 0 Å². The molecule has 0 amide bonds. The van der Waals surface area contributed by atoms with E-state index >= 15 is 0 Å². The Labute approximate surface area is 122 Å². The van der Waals surface area contributed by atoms with Crippen LogP contribution in [0.25, 0.3) is 0 Å². The molecule has 1 nitrogen and oxygen atoms in total. The summed E-state index contributed by atoms with van der Waals surface area (Å²) in [5.74, 6) is 2.46. The molecule has 3 atom stereocenters. The van der Waals surface area contributed by atoms with Crippen LogP contribution in [-0.4, -0.2) is 13.1 Å². The van der Waals surface area contributed by atoms with Crippen molar-refractivity contribution >= 4 is 11.6 Å². The molecule has 0 aromatic heterocycles. The summed E-state index contributed by atoms with van der Waals surface area (Å²) in [6.07, 6.45) is 5.24. The molecule has 0 heterocycles. The van der Waals surface area contributed by atoms with Crippen LogP contribution in [0, 0.1) is 17.8 Å². The van der Waals surface area contributed by atoms with Crippen molar-refractivity contribution in [2.24, 2.45) is 17.8 Å². The Morgan fingerprint density at radius 2 is 2.00 bits per heavy atom. The maximum Gasteiger partial charge on any atom is 0.0438 e. The zero-order valence-corrected chi connectivity index (χ0v) is 12.9. The van der Waals surface area contributed by atoms with E-state index in [-0.39, 0.29) is 0 Å². The van der Waals surface area contributed by atoms with Crippen LogP contribution in [0.15, 0.2) is 24.3 Å². The molecule has 19 heavy (non-hydrogen) atoms. The summed E-state index contributed by atoms with van der Waals surface area (Å²) in [6.45, 7) is 6.82. The van der Waals surface area contributed by atoms with Crippen LogP contribution in [0.1, 0.15) is 38.7 Å². The Balaban J connectivity index is 2.03. The van der Waals surface area contributed by atoms with Crippen molar-refractivity contribution in [2.45, 2.75) is 39.5 Å². The molecule has 2 rings (SSSR count). The molecule has 1 N–H and O–H groups in total. The fourth-order valence-electron chi connectivity index (χ4n) is 3.36. The second-order valence-electron chi connectivity index (χ2n) is 6.04. The number of benzene rings is 1. The highest BCUT2D eigenvalue weighted by Gasteiger charge is 2.28. The Hall–Kier alpha value is -0.530. The molecular weight excluding hydrogens is 254 g/mol. The molecule has 106 valence electrons. The number of nitrogens with one attached hydrogen (secondary N) is 1. The Morgan fingerprint density at radius 1 is 1.21 bits per heavy atom. The minimum atomic E-state index is 0.780. The lowest BCUT2D eigenvalue weighted by atomic mass is 9.72. The van der Waals surface area contributed by atoms with E-state index in [4.69, 9.17) is 11.6 Å². The van der Waals surface area contributed by atoms with E-state index in [0.717, 1.165) is 35.7 Å². The third-order valence-electron chi connectivity index (χ3n) is 4.50. The molecule has 0 spiro atoms. The normalized spacial score (nSPS) is 27.4. The van der Waals surface area contributed by atoms with Gasteiger partial charge in [0, 0.05) is 5.02 Å². The first kappa shape index (κ1) is 14.9. The number of hydrogen-bond acceptors (Lipinski definition) is 1. The number of halogens is 1. The van der Waals surface area contributed by atoms with Gasteiger partial charge in [0.15, 0.2) is 0 Å². The molecule has 1 aromatic carbocycles. The molecule has 3 unspecified atom stereocenters. The first-order chi connectivity index (χ1) is 9.20. The summed E-state index contributed by atoms with van der Waals surface area (Å²) in [6, 6.07) is 8.33. The topological polar surface area (TPSA) is 12.0 Å². The smallest absolute Gasteiger partial charge is 0.0438 e. The summed E-state index contributed by atoms with van der Waals surface area (Å²) in [4.78, 5) is 0. The minimum absolute atomic E-state index is 0.780. The van der Waals surface area contributed by atoms with E-state index in [1.165, 1.54) is 31.4 Å². The zero-order valence-electron chi connectivity index (χ0n) is 12.2. The second-order valence-corrected chi connectivity index (χ2v) is 6.45. The van der Waals surface area contributed by atoms with Crippen molar-refractivity contribution < 1.29 is 0 Å². The first-order valence-electron chi connectivity index (χ1n) is 7.64. The molecule has 1 fully saturated rings. The highest BCUT2D eigenvalue weighted by molar-refractivity contribution is 6.31. The predicted molar refractivity (Wildman–Crippen MR) is 83.7 cm³/mol. The van der Waals surface area contributed by atoms with E-state index in [9.17, 15) is 0 Å². The average molecular weight is 280 g/mol. The van der Waals surface area contributed by atoms with Crippen molar-refractivity contribution in [1.29, 1.82) is 0 Å². The van der Waals surface area contributed by atoms with Crippen LogP contribution in [0.4, 0.5) is 0 Å². The van der Waals surface area contributed by atoms with Gasteiger partial charge in [-0.05, 0) is 61.7 Å². The standard InChI is InChI=1S/C17H26ClN/c1-3-19-12-15-9-8-13(2)10-16(15)11-14-6-4-5-7-17(14)18/h4-7,13,15-16,19H,3,8-12H2,1-2H3. The van der Waals surface area contributed by atoms with Crippen molar-refractivity contribution in [3.05, 3.63) is 34.9 Å². The van der Waals surface area contributed by atoms with E-state index in [0.29, 0.717) is 0 Å². The largest absolute Gasteiger partial charge is 0.317 e. The zero-order chi connectivity index (χ0) is 13.7. The molecule has 1 aliphatic rings. The van der Waals surface area contributed by atoms with E-state index < -0.39 is 0 Å². The van der Waals surface area contributed by atoms with Crippen LogP contribution in [0.2, 0.25) is 5.02 Å². The highest BCUT2D eigenvalue weighted by Crippen LogP contribution is 2.36. The SMILES string of the molecule is CCNCC1CCC(C)CC1Cc1ccccc1Cl. The predicted octanol–water partition coefficient (Wildman–Crippen LogP) is 4.54. The van der Waals surface area contributed by atoms with Crippen LogP contribution in [0.5, 0.6) is 0 Å². The third kappa shape index (κ3) is 4.22. The highest BCUT2D eigenvalue weighted by atomic mass is 35.5. The van der Waals surface area contributed by atoms with Crippen molar-refractivity contribution in [3.63, 3.8) is 0 Å². The van der Waals surface area contributed by atoms with Gasteiger partial charge in [-0.3, -0.25) is 0 Å². The Morgan fingerprint density at radius 3 is 2.74 bits per heavy atom. The van der Waals surface area contributed by atoms with Crippen LogP contribution in [-0.2, 0) is 6.42 Å². The second kappa shape index (κ2) is 7.31. The maximum absolute atomic E-state index is 6.32. The number of rotatable bonds is 5. The van der Waals surface area contributed by atoms with Gasteiger partial charge in [-0.2, -0.15) is 0 Å². The van der Waals surface area contributed by atoms with Gasteiger partial charge in [-0.1, -0.05) is 50.1 Å². The summed E-state index contributed by atoms with van der Waals surface area (Å²) in [7, 11) is 0. The summed E-state index contributed by atoms with van der Waals surface area (Å²) >= 11 is 6.32. The summed E-state index contributed by atoms with van der Waals surface area (Å²) in [5, 5.41) is 4.46. The van der Waals surface area contributed by atoms with Gasteiger partial charge in [0.25, 0.3) is 0 Å². The van der Waals surface area contributed by atoms with Crippen LogP contribution in [0.3, 0.4) is 0 Å². The molecule has 1 saturated carbocycles. The van der Waals surface area contributed by atoms with E-state index in [2.05, 4.69) is 31.3 Å². The molecule has 1 aliphatic carbocycles. The van der Waals surface area contributed by atoms with Gasteiger partial charge < -0.3 is 5.32 Å². The summed E-state index contributed by atoms with van der Waals surface area (Å²) in [5.41, 5.74) is 1.32. The monoisotopic (exact) mass is 279 g/mol. The molecule has 2 heteroatoms. The maximum atomic E-state index is 6.32. The van der Waals surface area contributed by atoms with Crippen LogP contribution >= 0.6 is 11.6 Å². The van der Waals surface area contributed by atoms with Crippen molar-refractivity contribution in [1.82, 2.24) is 5.32 Å². The lowest BCUT2D eigenvalue weighted by Gasteiger charge is -2.35. The summed E-state index contributed by atoms with van der Waals surface area (Å²) < 4.78 is 0. The minimum Gasteiger partial charge on any atom is -0.317 e. The first-order valence-corrected chi connectivity index (χ1v) is 8.02. The Kier molecular flexibility index (Phi) is 5.72. The van der Waals surface area contributed by atoms with Gasteiger partial charge in [-0.25, -0.2) is 0 Å². The van der Waals surface area contributed by atoms with Gasteiger partial charge in [0.2, 0.25) is 0 Å². The van der Waals surface area contributed by atoms with Crippen molar-refractivity contribution in [2.75, 3.05) is 13.1 Å². The lowest BCUT2D eigenvalue weighted by molar-refractivity contribution is 0.184. The van der Waals surface area contributed by atoms with Gasteiger partial charge in [0.1, 0.15) is 0 Å². The average Bonchev–Trinajstić information content (AvgIpc) is 2.40. The molecular formula is C17H26ClN. The van der Waals surface area contributed by atoms with Gasteiger partial charge >= 0.3 is 0 Å². The van der Waals surface area contributed by atoms with Gasteiger partial charge in [0.05, 0.1) is 0 Å². The molecule has 0 aliphatic heterocycles. The fourth-order valence-corrected chi connectivity index (χ4v) is 3.57. The van der Waals surface area contributed by atoms with E-state index in [1.54, 1.807) is 0 Å². The fraction of sp³-hybridized carbons (Fsp3) is 0.647. The molecule has 0 radical (unpaired) electrons. The molecule has 0 saturated heterocycles. The third-order valence-corrected chi connectivity index (χ3v) is 4.87. The lowest BCUT2D eigenvalue weighted by Crippen LogP contribution is -2.33. The van der Waals surface area contributed by atoms with Crippen molar-refractivity contribution in [3.8, 4) is 0 Å². The number of hydrogen-bond donors (Lipinski definition) is 1. The van der Waals surface area contributed by atoms with Crippen LogP contribution < -0.4 is 5.32 Å². The molecule has 1 aromatic rings. The van der Waals surface area contributed by atoms with E-state index in [1.807, 2.05) is 12.1 Å². The molecule has 0 bridgehead atoms.